The summed E-state index contributed by atoms with van der Waals surface area (Å²) in [6.07, 6.45) is 5.58. The van der Waals surface area contributed by atoms with E-state index >= 15 is 0 Å². The Balaban J connectivity index is 1.40. The Morgan fingerprint density at radius 1 is 1.11 bits per heavy atom. The zero-order valence-corrected chi connectivity index (χ0v) is 19.7. The van der Waals surface area contributed by atoms with Crippen LogP contribution in [0.2, 0.25) is 0 Å². The van der Waals surface area contributed by atoms with Crippen LogP contribution in [0.1, 0.15) is 39.6 Å². The zero-order chi connectivity index (χ0) is 24.4. The van der Waals surface area contributed by atoms with Crippen molar-refractivity contribution in [2.45, 2.75) is 31.1 Å². The number of aryl methyl sites for hydroxylation is 2. The van der Waals surface area contributed by atoms with Gasteiger partial charge in [0.1, 0.15) is 18.2 Å². The monoisotopic (exact) mass is 489 g/mol. The van der Waals surface area contributed by atoms with Crippen molar-refractivity contribution < 1.29 is 19.0 Å². The molecule has 1 aliphatic rings. The number of fused-ring (bicyclic) bond motifs is 3. The normalized spacial score (nSPS) is 14.7. The molecule has 1 atom stereocenters. The largest absolute Gasteiger partial charge is 0.487 e. The number of nitrogens with zero attached hydrogens (tertiary/aromatic N) is 2. The Morgan fingerprint density at radius 3 is 2.83 bits per heavy atom. The molecule has 0 fully saturated rings. The van der Waals surface area contributed by atoms with Crippen LogP contribution in [0.4, 0.5) is 10.1 Å². The van der Waals surface area contributed by atoms with Crippen molar-refractivity contribution in [3.05, 3.63) is 94.7 Å². The number of hydrogen-bond donors (Lipinski definition) is 2. The van der Waals surface area contributed by atoms with Gasteiger partial charge in [0.25, 0.3) is 0 Å². The molecule has 6 nitrogen and oxygen atoms in total. The molecule has 178 valence electrons. The van der Waals surface area contributed by atoms with Crippen molar-refractivity contribution in [1.29, 1.82) is 0 Å². The number of hydrogen-bond acceptors (Lipinski definition) is 6. The number of thioether (sulfide) groups is 1. The molecule has 0 spiro atoms. The van der Waals surface area contributed by atoms with Crippen LogP contribution in [-0.2, 0) is 24.2 Å². The third kappa shape index (κ3) is 5.07. The molecule has 0 aliphatic heterocycles. The molecule has 3 N–H and O–H groups in total. The number of ether oxygens (including phenoxy) is 1. The molecule has 0 saturated carbocycles. The van der Waals surface area contributed by atoms with Crippen molar-refractivity contribution in [2.24, 2.45) is 0 Å². The average molecular weight is 490 g/mol. The number of nitrogens with two attached hydrogens (primary N) is 1. The van der Waals surface area contributed by atoms with Gasteiger partial charge >= 0.3 is 5.97 Å². The van der Waals surface area contributed by atoms with Crippen LogP contribution in [0, 0.1) is 5.82 Å². The summed E-state index contributed by atoms with van der Waals surface area (Å²) in [7, 11) is 0. The fraction of sp³-hybridized carbons (Fsp3) is 0.222. The molecular formula is C27H24FN3O3S. The maximum atomic E-state index is 13.7. The summed E-state index contributed by atoms with van der Waals surface area (Å²) >= 11 is 1.63. The second-order valence-electron chi connectivity index (χ2n) is 8.49. The predicted octanol–water partition coefficient (Wildman–Crippen LogP) is 5.33. The third-order valence-corrected chi connectivity index (χ3v) is 7.42. The standard InChI is InChI=1S/C27H24FN3O3S/c28-23-11-17-3-5-19(31-25(17)13-24(23)29)15-34-20-6-4-16-1-2-18-14-30-9-7-21(18)27(22(16)12-20)35-10-8-26(32)33/h3-7,9,11-14,27H,1-2,8,10,15,29H2,(H,32,33). The van der Waals surface area contributed by atoms with Crippen molar-refractivity contribution >= 4 is 34.3 Å². The SMILES string of the molecule is Nc1cc2nc(COc3ccc4c(c3)C(SCCC(=O)O)c3ccncc3CC4)ccc2cc1F. The second-order valence-corrected chi connectivity index (χ2v) is 9.70. The van der Waals surface area contributed by atoms with Gasteiger partial charge < -0.3 is 15.6 Å². The van der Waals surface area contributed by atoms with E-state index in [1.807, 2.05) is 24.4 Å². The van der Waals surface area contributed by atoms with Crippen LogP contribution in [0.5, 0.6) is 5.75 Å². The first-order chi connectivity index (χ1) is 17.0. The maximum absolute atomic E-state index is 13.7. The molecule has 0 radical (unpaired) electrons. The number of carboxylic acids is 1. The number of rotatable bonds is 7. The molecule has 4 aromatic rings. The smallest absolute Gasteiger partial charge is 0.304 e. The fourth-order valence-corrected chi connectivity index (χ4v) is 5.69. The van der Waals surface area contributed by atoms with E-state index in [1.165, 1.54) is 28.8 Å². The molecule has 5 rings (SSSR count). The lowest BCUT2D eigenvalue weighted by Gasteiger charge is -2.20. The Morgan fingerprint density at radius 2 is 1.97 bits per heavy atom. The minimum absolute atomic E-state index is 0.00469. The van der Waals surface area contributed by atoms with E-state index in [9.17, 15) is 9.18 Å². The minimum atomic E-state index is -0.800. The van der Waals surface area contributed by atoms with Gasteiger partial charge in [-0.15, -0.1) is 11.8 Å². The first-order valence-corrected chi connectivity index (χ1v) is 12.4. The highest BCUT2D eigenvalue weighted by atomic mass is 32.2. The molecule has 1 unspecified atom stereocenters. The first-order valence-electron chi connectivity index (χ1n) is 11.3. The summed E-state index contributed by atoms with van der Waals surface area (Å²) in [5.74, 6) is -0.0328. The summed E-state index contributed by atoms with van der Waals surface area (Å²) in [5.41, 5.74) is 11.8. The molecule has 35 heavy (non-hydrogen) atoms. The van der Waals surface area contributed by atoms with Crippen LogP contribution in [0.3, 0.4) is 0 Å². The lowest BCUT2D eigenvalue weighted by atomic mass is 10.0. The van der Waals surface area contributed by atoms with Crippen molar-refractivity contribution in [1.82, 2.24) is 9.97 Å². The molecule has 0 saturated heterocycles. The molecule has 2 aromatic carbocycles. The number of nitrogen functional groups attached to an aromatic ring is 1. The summed E-state index contributed by atoms with van der Waals surface area (Å²) in [5, 5.41) is 9.82. The van der Waals surface area contributed by atoms with Gasteiger partial charge in [-0.3, -0.25) is 9.78 Å². The van der Waals surface area contributed by atoms with Gasteiger partial charge in [-0.2, -0.15) is 0 Å². The molecule has 1 aliphatic carbocycles. The topological polar surface area (TPSA) is 98.3 Å². The number of halogens is 1. The first kappa shape index (κ1) is 23.1. The van der Waals surface area contributed by atoms with Crippen LogP contribution in [0.25, 0.3) is 10.9 Å². The number of pyridine rings is 2. The van der Waals surface area contributed by atoms with Crippen molar-refractivity contribution in [2.75, 3.05) is 11.5 Å². The van der Waals surface area contributed by atoms with Gasteiger partial charge in [0, 0.05) is 23.5 Å². The molecule has 0 bridgehead atoms. The summed E-state index contributed by atoms with van der Waals surface area (Å²) in [6.45, 7) is 0.253. The number of carbonyl (C=O) groups is 1. The van der Waals surface area contributed by atoms with Gasteiger partial charge in [-0.25, -0.2) is 9.37 Å². The Hall–Kier alpha value is -3.65. The number of benzene rings is 2. The third-order valence-electron chi connectivity index (χ3n) is 6.14. The van der Waals surface area contributed by atoms with E-state index in [0.29, 0.717) is 28.1 Å². The Labute approximate surface area is 206 Å². The number of carboxylic acid groups (broad SMARTS) is 1. The van der Waals surface area contributed by atoms with E-state index < -0.39 is 11.8 Å². The highest BCUT2D eigenvalue weighted by Gasteiger charge is 2.25. The molecule has 8 heteroatoms. The summed E-state index contributed by atoms with van der Waals surface area (Å²) in [4.78, 5) is 20.0. The van der Waals surface area contributed by atoms with E-state index in [-0.39, 0.29) is 24.0 Å². The molecular weight excluding hydrogens is 465 g/mol. The van der Waals surface area contributed by atoms with Crippen molar-refractivity contribution in [3.8, 4) is 5.75 Å². The van der Waals surface area contributed by atoms with Crippen LogP contribution >= 0.6 is 11.8 Å². The van der Waals surface area contributed by atoms with E-state index in [2.05, 4.69) is 22.1 Å². The fourth-order valence-electron chi connectivity index (χ4n) is 4.36. The maximum Gasteiger partial charge on any atom is 0.304 e. The Kier molecular flexibility index (Phi) is 6.55. The lowest BCUT2D eigenvalue weighted by Crippen LogP contribution is -2.05. The average Bonchev–Trinajstić information content (AvgIpc) is 3.00. The van der Waals surface area contributed by atoms with Gasteiger partial charge in [0.05, 0.1) is 28.6 Å². The van der Waals surface area contributed by atoms with E-state index in [4.69, 9.17) is 15.6 Å². The van der Waals surface area contributed by atoms with E-state index in [0.717, 1.165) is 18.4 Å². The second kappa shape index (κ2) is 9.92. The van der Waals surface area contributed by atoms with E-state index in [1.54, 1.807) is 24.0 Å². The number of anilines is 1. The quantitative estimate of drug-likeness (QED) is 0.339. The lowest BCUT2D eigenvalue weighted by molar-refractivity contribution is -0.136. The highest BCUT2D eigenvalue weighted by molar-refractivity contribution is 7.99. The number of aromatic nitrogens is 2. The van der Waals surface area contributed by atoms with Crippen LogP contribution in [-0.4, -0.2) is 26.8 Å². The molecule has 2 heterocycles. The zero-order valence-electron chi connectivity index (χ0n) is 18.9. The van der Waals surface area contributed by atoms with Crippen molar-refractivity contribution in [3.63, 3.8) is 0 Å². The van der Waals surface area contributed by atoms with Gasteiger partial charge in [0.2, 0.25) is 0 Å². The summed E-state index contributed by atoms with van der Waals surface area (Å²) < 4.78 is 19.8. The summed E-state index contributed by atoms with van der Waals surface area (Å²) in [6, 6.07) is 14.7. The minimum Gasteiger partial charge on any atom is -0.487 e. The van der Waals surface area contributed by atoms with Gasteiger partial charge in [-0.05, 0) is 71.5 Å². The Bertz CT molecular complexity index is 1410. The predicted molar refractivity (Wildman–Crippen MR) is 135 cm³/mol. The van der Waals surface area contributed by atoms with Crippen LogP contribution < -0.4 is 10.5 Å². The highest BCUT2D eigenvalue weighted by Crippen LogP contribution is 2.43. The number of aliphatic carboxylic acids is 1. The molecule has 2 aromatic heterocycles. The van der Waals surface area contributed by atoms with Gasteiger partial charge in [0.15, 0.2) is 0 Å². The molecule has 0 amide bonds. The van der Waals surface area contributed by atoms with Gasteiger partial charge in [-0.1, -0.05) is 12.1 Å². The van der Waals surface area contributed by atoms with Crippen LogP contribution in [0.15, 0.2) is 60.9 Å².